The molecular weight excluding hydrogens is 799 g/mol. The number of carboxylic acid groups (broad SMARTS) is 1. The Morgan fingerprint density at radius 2 is 1.53 bits per heavy atom. The summed E-state index contributed by atoms with van der Waals surface area (Å²) in [5.74, 6) is 1.07. The van der Waals surface area contributed by atoms with Crippen LogP contribution in [0.4, 0.5) is 26.5 Å². The number of nitrogens with zero attached hydrogens (tertiary/aromatic N) is 8. The van der Waals surface area contributed by atoms with Crippen molar-refractivity contribution in [2.45, 2.75) is 58.8 Å². The number of piperazine rings is 1. The minimum atomic E-state index is -4.25. The molecule has 0 unspecified atom stereocenters. The van der Waals surface area contributed by atoms with Gasteiger partial charge in [-0.3, -0.25) is 9.11 Å². The number of hydrogen-bond donors (Lipinski definition) is 3. The van der Waals surface area contributed by atoms with Gasteiger partial charge in [0.05, 0.1) is 36.2 Å². The second kappa shape index (κ2) is 16.9. The zero-order chi connectivity index (χ0) is 42.2. The molecule has 1 saturated heterocycles. The van der Waals surface area contributed by atoms with Crippen LogP contribution in [0.3, 0.4) is 0 Å². The molecule has 14 nitrogen and oxygen atoms in total. The van der Waals surface area contributed by atoms with E-state index in [0.717, 1.165) is 11.1 Å². The molecule has 17 heteroatoms. The van der Waals surface area contributed by atoms with Crippen LogP contribution in [0.15, 0.2) is 89.6 Å². The van der Waals surface area contributed by atoms with Crippen LogP contribution in [0.2, 0.25) is 5.02 Å². The van der Waals surface area contributed by atoms with Gasteiger partial charge in [0.2, 0.25) is 0 Å². The maximum Gasteiger partial charge on any atom is 0.407 e. The molecule has 310 valence electrons. The Morgan fingerprint density at radius 1 is 0.915 bits per heavy atom. The summed E-state index contributed by atoms with van der Waals surface area (Å²) in [6, 6.07) is 22.0. The van der Waals surface area contributed by atoms with Crippen LogP contribution in [0.1, 0.15) is 56.0 Å². The minimum absolute atomic E-state index is 0.0324. The van der Waals surface area contributed by atoms with Crippen LogP contribution in [0, 0.1) is 5.82 Å². The Labute approximate surface area is 349 Å². The summed E-state index contributed by atoms with van der Waals surface area (Å²) in [5, 5.41) is 10.0. The highest BCUT2D eigenvalue weighted by atomic mass is 35.5. The SMILES string of the molecule is COc1ccc(CN(Cc2ccc(OC)cc2)c2ncnc(C(C)C)c2N2c3nc(-c4ccccc4F)c(Cl)cc3C(N3C[C@@H](C)N(C(=O)O)C[C@@H]3C)=NS2(O)O)cc1. The highest BCUT2D eigenvalue weighted by Gasteiger charge is 2.44. The Bertz CT molecular complexity index is 2320. The van der Waals surface area contributed by atoms with Gasteiger partial charge in [-0.05, 0) is 84.3 Å². The fourth-order valence-electron chi connectivity index (χ4n) is 7.43. The molecule has 0 spiro atoms. The first-order valence-electron chi connectivity index (χ1n) is 19.0. The van der Waals surface area contributed by atoms with E-state index in [4.69, 9.17) is 36.0 Å². The molecule has 0 bridgehead atoms. The van der Waals surface area contributed by atoms with E-state index in [1.54, 1.807) is 45.4 Å². The molecule has 2 aliphatic heterocycles. The minimum Gasteiger partial charge on any atom is -0.497 e. The number of hydrogen-bond acceptors (Lipinski definition) is 12. The molecular formula is C42H46ClFN8O6S. The highest BCUT2D eigenvalue weighted by Crippen LogP contribution is 2.60. The van der Waals surface area contributed by atoms with Gasteiger partial charge >= 0.3 is 6.09 Å². The molecule has 4 heterocycles. The molecule has 1 amide bonds. The Kier molecular flexibility index (Phi) is 11.9. The summed E-state index contributed by atoms with van der Waals surface area (Å²) < 4.78 is 57.4. The number of fused-ring (bicyclic) bond motifs is 1. The van der Waals surface area contributed by atoms with Crippen LogP contribution in [0.5, 0.6) is 11.5 Å². The average Bonchev–Trinajstić information content (AvgIpc) is 3.21. The number of benzene rings is 3. The number of pyridine rings is 1. The lowest BCUT2D eigenvalue weighted by Crippen LogP contribution is -2.60. The van der Waals surface area contributed by atoms with E-state index in [9.17, 15) is 19.0 Å². The highest BCUT2D eigenvalue weighted by molar-refractivity contribution is 8.24. The molecule has 2 aliphatic rings. The predicted octanol–water partition coefficient (Wildman–Crippen LogP) is 9.23. The molecule has 0 saturated carbocycles. The first-order chi connectivity index (χ1) is 28.2. The van der Waals surface area contributed by atoms with E-state index in [0.29, 0.717) is 41.7 Å². The fourth-order valence-corrected chi connectivity index (χ4v) is 8.99. The monoisotopic (exact) mass is 844 g/mol. The Morgan fingerprint density at radius 3 is 2.08 bits per heavy atom. The summed E-state index contributed by atoms with van der Waals surface area (Å²) in [7, 11) is -1.04. The topological polar surface area (TPSA) is 160 Å². The first kappa shape index (κ1) is 41.5. The number of amidine groups is 1. The Hall–Kier alpha value is -5.68. The number of carbonyl (C=O) groups is 1. The van der Waals surface area contributed by atoms with Crippen molar-refractivity contribution in [3.63, 3.8) is 0 Å². The molecule has 59 heavy (non-hydrogen) atoms. The van der Waals surface area contributed by atoms with Crippen molar-refractivity contribution >= 4 is 51.8 Å². The van der Waals surface area contributed by atoms with Gasteiger partial charge in [-0.2, -0.15) is 4.31 Å². The lowest BCUT2D eigenvalue weighted by molar-refractivity contribution is 0.0750. The maximum atomic E-state index is 15.5. The standard InChI is InChI=1S/C42H46ClFN8O6S/c1-25(2)36-38(41(46-24-45-36)49(22-28-11-15-30(57-5)16-12-28)23-29-13-17-31(58-6)18-14-29)52-39-33(19-34(43)37(47-39)32-9-7-8-10-35(32)44)40(48-59(52,55)56)50-20-27(4)51(42(53)54)21-26(50)3/h7-19,24-27,55-56H,20-23H2,1-6H3,(H,53,54)/t26-,27+/m0/s1. The summed E-state index contributed by atoms with van der Waals surface area (Å²) >= 11 is 6.98. The largest absolute Gasteiger partial charge is 0.497 e. The number of amides is 1. The van der Waals surface area contributed by atoms with Gasteiger partial charge in [-0.15, -0.1) is 4.40 Å². The average molecular weight is 845 g/mol. The molecule has 2 atom stereocenters. The molecule has 3 N–H and O–H groups in total. The maximum absolute atomic E-state index is 15.5. The van der Waals surface area contributed by atoms with Crippen LogP contribution < -0.4 is 18.7 Å². The van der Waals surface area contributed by atoms with E-state index < -0.39 is 35.0 Å². The predicted molar refractivity (Wildman–Crippen MR) is 229 cm³/mol. The molecule has 3 aromatic carbocycles. The molecule has 2 aromatic heterocycles. The first-order valence-corrected chi connectivity index (χ1v) is 20.8. The van der Waals surface area contributed by atoms with Crippen molar-refractivity contribution in [3.8, 4) is 22.8 Å². The van der Waals surface area contributed by atoms with E-state index in [-0.39, 0.29) is 52.6 Å². The number of ether oxygens (including phenoxy) is 2. The van der Waals surface area contributed by atoms with Crippen LogP contribution >= 0.6 is 22.6 Å². The van der Waals surface area contributed by atoms with E-state index in [2.05, 4.69) is 4.40 Å². The van der Waals surface area contributed by atoms with Crippen LogP contribution in [-0.2, 0) is 13.1 Å². The number of rotatable bonds is 10. The summed E-state index contributed by atoms with van der Waals surface area (Å²) in [6.07, 6.45) is 0.385. The third-order valence-corrected chi connectivity index (χ3v) is 12.0. The van der Waals surface area contributed by atoms with Crippen molar-refractivity contribution < 1.29 is 32.9 Å². The molecule has 0 aliphatic carbocycles. The quantitative estimate of drug-likeness (QED) is 0.123. The normalized spacial score (nSPS) is 17.9. The lowest BCUT2D eigenvalue weighted by Gasteiger charge is -2.49. The fraction of sp³-hybridized carbons (Fsp3) is 0.310. The molecule has 5 aromatic rings. The van der Waals surface area contributed by atoms with Crippen LogP contribution in [0.25, 0.3) is 11.3 Å². The van der Waals surface area contributed by atoms with E-state index >= 15 is 4.39 Å². The zero-order valence-corrected chi connectivity index (χ0v) is 35.0. The van der Waals surface area contributed by atoms with Gasteiger partial charge in [0.25, 0.3) is 0 Å². The second-order valence-corrected chi connectivity index (χ2v) is 16.7. The van der Waals surface area contributed by atoms with Gasteiger partial charge in [-0.1, -0.05) is 61.8 Å². The van der Waals surface area contributed by atoms with E-state index in [1.165, 1.54) is 21.6 Å². The van der Waals surface area contributed by atoms with Crippen molar-refractivity contribution in [2.75, 3.05) is 36.5 Å². The third-order valence-electron chi connectivity index (χ3n) is 10.4. The Balaban J connectivity index is 1.47. The van der Waals surface area contributed by atoms with Crippen molar-refractivity contribution in [2.24, 2.45) is 4.40 Å². The number of methoxy groups -OCH3 is 2. The lowest BCUT2D eigenvalue weighted by atomic mass is 10.0. The number of aromatic nitrogens is 3. The summed E-state index contributed by atoms with van der Waals surface area (Å²) in [4.78, 5) is 31.8. The van der Waals surface area contributed by atoms with Gasteiger partial charge in [0.15, 0.2) is 17.5 Å². The van der Waals surface area contributed by atoms with E-state index in [1.807, 2.05) is 79.1 Å². The van der Waals surface area contributed by atoms with Crippen molar-refractivity contribution in [1.82, 2.24) is 24.8 Å². The van der Waals surface area contributed by atoms with Crippen molar-refractivity contribution in [1.29, 1.82) is 0 Å². The van der Waals surface area contributed by atoms with Gasteiger partial charge < -0.3 is 29.3 Å². The molecule has 7 rings (SSSR count). The third kappa shape index (κ3) is 8.30. The summed E-state index contributed by atoms with van der Waals surface area (Å²) in [6.45, 7) is 8.43. The molecule has 1 fully saturated rings. The number of halogens is 2. The second-order valence-electron chi connectivity index (χ2n) is 14.8. The van der Waals surface area contributed by atoms with Crippen molar-refractivity contribution in [3.05, 3.63) is 118 Å². The zero-order valence-electron chi connectivity index (χ0n) is 33.5. The smallest absolute Gasteiger partial charge is 0.407 e. The van der Waals surface area contributed by atoms with Gasteiger partial charge in [-0.25, -0.2) is 24.1 Å². The van der Waals surface area contributed by atoms with Gasteiger partial charge in [0.1, 0.15) is 29.3 Å². The number of anilines is 3. The van der Waals surface area contributed by atoms with Gasteiger partial charge in [0, 0.05) is 43.8 Å². The summed E-state index contributed by atoms with van der Waals surface area (Å²) in [5.41, 5.74) is 3.03. The van der Waals surface area contributed by atoms with Crippen LogP contribution in [-0.4, -0.2) is 90.3 Å². The molecule has 0 radical (unpaired) electrons.